The number of thioether (sulfide) groups is 1. The van der Waals surface area contributed by atoms with Crippen LogP contribution in [0.3, 0.4) is 0 Å². The fraction of sp³-hybridized carbons (Fsp3) is 0.125. The number of aromatic nitrogens is 2. The summed E-state index contributed by atoms with van der Waals surface area (Å²) in [6, 6.07) is 13.9. The smallest absolute Gasteiger partial charge is 0.141 e. The monoisotopic (exact) mass is 297 g/mol. The van der Waals surface area contributed by atoms with Crippen molar-refractivity contribution in [2.24, 2.45) is 0 Å². The number of hydrogen-bond acceptors (Lipinski definition) is 5. The van der Waals surface area contributed by atoms with Gasteiger partial charge in [0.25, 0.3) is 0 Å². The molecular formula is C16H15N3OS. The van der Waals surface area contributed by atoms with Crippen LogP contribution in [-0.4, -0.2) is 17.1 Å². The normalized spacial score (nSPS) is 10.7. The lowest BCUT2D eigenvalue weighted by molar-refractivity contribution is 0.417. The minimum absolute atomic E-state index is 0.656. The number of anilines is 1. The Morgan fingerprint density at radius 2 is 2.00 bits per heavy atom. The highest BCUT2D eigenvalue weighted by Gasteiger charge is 2.06. The van der Waals surface area contributed by atoms with Crippen molar-refractivity contribution in [3.63, 3.8) is 0 Å². The lowest BCUT2D eigenvalue weighted by Crippen LogP contribution is -1.94. The Balaban J connectivity index is 1.82. The summed E-state index contributed by atoms with van der Waals surface area (Å²) in [7, 11) is 1.62. The highest BCUT2D eigenvalue weighted by atomic mass is 32.2. The van der Waals surface area contributed by atoms with E-state index in [2.05, 4.69) is 9.97 Å². The van der Waals surface area contributed by atoms with Crippen LogP contribution in [0.1, 0.15) is 5.56 Å². The molecule has 0 spiro atoms. The molecule has 1 aromatic heterocycles. The molecule has 0 amide bonds. The third-order valence-corrected chi connectivity index (χ3v) is 4.25. The SMILES string of the molecule is COc1ccc(CSc2ncnc3ccccc23)cc1N. The van der Waals surface area contributed by atoms with E-state index < -0.39 is 0 Å². The van der Waals surface area contributed by atoms with Gasteiger partial charge in [0.2, 0.25) is 0 Å². The molecule has 0 unspecified atom stereocenters. The van der Waals surface area contributed by atoms with Crippen molar-refractivity contribution in [2.75, 3.05) is 12.8 Å². The first-order valence-electron chi connectivity index (χ1n) is 6.53. The molecule has 0 aliphatic carbocycles. The van der Waals surface area contributed by atoms with Crippen molar-refractivity contribution in [3.05, 3.63) is 54.4 Å². The molecule has 21 heavy (non-hydrogen) atoms. The molecular weight excluding hydrogens is 282 g/mol. The largest absolute Gasteiger partial charge is 0.495 e. The zero-order valence-electron chi connectivity index (χ0n) is 11.6. The number of ether oxygens (including phenoxy) is 1. The van der Waals surface area contributed by atoms with Gasteiger partial charge in [-0.2, -0.15) is 0 Å². The van der Waals surface area contributed by atoms with Gasteiger partial charge in [-0.05, 0) is 23.8 Å². The molecule has 0 saturated heterocycles. The van der Waals surface area contributed by atoms with Crippen LogP contribution in [-0.2, 0) is 5.75 Å². The first-order chi connectivity index (χ1) is 10.3. The van der Waals surface area contributed by atoms with E-state index in [4.69, 9.17) is 10.5 Å². The molecule has 3 rings (SSSR count). The van der Waals surface area contributed by atoms with E-state index >= 15 is 0 Å². The maximum atomic E-state index is 5.93. The molecule has 5 heteroatoms. The van der Waals surface area contributed by atoms with Gasteiger partial charge in [-0.1, -0.05) is 24.3 Å². The number of para-hydroxylation sites is 1. The number of nitrogen functional groups attached to an aromatic ring is 1. The number of benzene rings is 2. The summed E-state index contributed by atoms with van der Waals surface area (Å²) in [5, 5.41) is 2.06. The number of rotatable bonds is 4. The number of hydrogen-bond donors (Lipinski definition) is 1. The predicted molar refractivity (Wildman–Crippen MR) is 86.5 cm³/mol. The summed E-state index contributed by atoms with van der Waals surface area (Å²) < 4.78 is 5.17. The maximum absolute atomic E-state index is 5.93. The van der Waals surface area contributed by atoms with Gasteiger partial charge in [0.1, 0.15) is 17.1 Å². The Labute approximate surface area is 127 Å². The van der Waals surface area contributed by atoms with Crippen LogP contribution < -0.4 is 10.5 Å². The molecule has 0 bridgehead atoms. The second kappa shape index (κ2) is 6.01. The van der Waals surface area contributed by atoms with E-state index in [1.165, 1.54) is 0 Å². The molecule has 2 N–H and O–H groups in total. The molecule has 4 nitrogen and oxygen atoms in total. The molecule has 0 aliphatic rings. The number of nitrogens with zero attached hydrogens (tertiary/aromatic N) is 2. The van der Waals surface area contributed by atoms with E-state index in [1.807, 2.05) is 42.5 Å². The van der Waals surface area contributed by atoms with Crippen molar-refractivity contribution >= 4 is 28.4 Å². The highest BCUT2D eigenvalue weighted by Crippen LogP contribution is 2.29. The van der Waals surface area contributed by atoms with E-state index in [1.54, 1.807) is 25.2 Å². The van der Waals surface area contributed by atoms with Gasteiger partial charge in [-0.25, -0.2) is 9.97 Å². The van der Waals surface area contributed by atoms with Crippen molar-refractivity contribution in [1.82, 2.24) is 9.97 Å². The van der Waals surface area contributed by atoms with Crippen molar-refractivity contribution in [3.8, 4) is 5.75 Å². The van der Waals surface area contributed by atoms with Crippen LogP contribution >= 0.6 is 11.8 Å². The van der Waals surface area contributed by atoms with Crippen LogP contribution in [0.5, 0.6) is 5.75 Å². The molecule has 0 radical (unpaired) electrons. The van der Waals surface area contributed by atoms with E-state index in [0.717, 1.165) is 27.2 Å². The highest BCUT2D eigenvalue weighted by molar-refractivity contribution is 7.98. The van der Waals surface area contributed by atoms with Crippen LogP contribution in [0, 0.1) is 0 Å². The Kier molecular flexibility index (Phi) is 3.92. The fourth-order valence-electron chi connectivity index (χ4n) is 2.12. The Morgan fingerprint density at radius 1 is 1.14 bits per heavy atom. The Morgan fingerprint density at radius 3 is 2.81 bits per heavy atom. The van der Waals surface area contributed by atoms with Gasteiger partial charge in [-0.15, -0.1) is 11.8 Å². The molecule has 0 atom stereocenters. The zero-order valence-corrected chi connectivity index (χ0v) is 12.4. The van der Waals surface area contributed by atoms with Gasteiger partial charge in [0.05, 0.1) is 18.3 Å². The quantitative estimate of drug-likeness (QED) is 0.453. The molecule has 0 saturated carbocycles. The van der Waals surface area contributed by atoms with E-state index in [9.17, 15) is 0 Å². The first-order valence-corrected chi connectivity index (χ1v) is 7.51. The Bertz CT molecular complexity index is 771. The third kappa shape index (κ3) is 2.92. The van der Waals surface area contributed by atoms with E-state index in [0.29, 0.717) is 11.4 Å². The minimum atomic E-state index is 0.656. The summed E-state index contributed by atoms with van der Waals surface area (Å²) in [5.74, 6) is 1.51. The minimum Gasteiger partial charge on any atom is -0.495 e. The molecule has 0 aliphatic heterocycles. The second-order valence-electron chi connectivity index (χ2n) is 4.56. The molecule has 2 aromatic carbocycles. The average molecular weight is 297 g/mol. The van der Waals surface area contributed by atoms with Crippen LogP contribution in [0.15, 0.2) is 53.8 Å². The van der Waals surface area contributed by atoms with E-state index in [-0.39, 0.29) is 0 Å². The standard InChI is InChI=1S/C16H15N3OS/c1-20-15-7-6-11(8-13(15)17)9-21-16-12-4-2-3-5-14(12)18-10-19-16/h2-8,10H,9,17H2,1H3. The summed E-state index contributed by atoms with van der Waals surface area (Å²) in [6.45, 7) is 0. The summed E-state index contributed by atoms with van der Waals surface area (Å²) >= 11 is 1.68. The van der Waals surface area contributed by atoms with Crippen LogP contribution in [0.4, 0.5) is 5.69 Å². The van der Waals surface area contributed by atoms with Gasteiger partial charge >= 0.3 is 0 Å². The molecule has 0 fully saturated rings. The molecule has 3 aromatic rings. The fourth-order valence-corrected chi connectivity index (χ4v) is 3.05. The van der Waals surface area contributed by atoms with Gasteiger partial charge in [0, 0.05) is 11.1 Å². The van der Waals surface area contributed by atoms with Gasteiger partial charge in [0.15, 0.2) is 0 Å². The van der Waals surface area contributed by atoms with Gasteiger partial charge < -0.3 is 10.5 Å². The summed E-state index contributed by atoms with van der Waals surface area (Å²) in [4.78, 5) is 8.65. The number of methoxy groups -OCH3 is 1. The average Bonchev–Trinajstić information content (AvgIpc) is 2.53. The van der Waals surface area contributed by atoms with Crippen molar-refractivity contribution in [2.45, 2.75) is 10.8 Å². The number of nitrogens with two attached hydrogens (primary N) is 1. The van der Waals surface area contributed by atoms with Crippen molar-refractivity contribution < 1.29 is 4.74 Å². The van der Waals surface area contributed by atoms with Crippen LogP contribution in [0.2, 0.25) is 0 Å². The Hall–Kier alpha value is -2.27. The topological polar surface area (TPSA) is 61.0 Å². The zero-order chi connectivity index (χ0) is 14.7. The van der Waals surface area contributed by atoms with Crippen molar-refractivity contribution in [1.29, 1.82) is 0 Å². The van der Waals surface area contributed by atoms with Crippen LogP contribution in [0.25, 0.3) is 10.9 Å². The molecule has 1 heterocycles. The third-order valence-electron chi connectivity index (χ3n) is 3.18. The lowest BCUT2D eigenvalue weighted by Gasteiger charge is -2.08. The first kappa shape index (κ1) is 13.7. The second-order valence-corrected chi connectivity index (χ2v) is 5.52. The maximum Gasteiger partial charge on any atom is 0.141 e. The lowest BCUT2D eigenvalue weighted by atomic mass is 10.2. The molecule has 106 valence electrons. The summed E-state index contributed by atoms with van der Waals surface area (Å²) in [6.07, 6.45) is 1.60. The summed E-state index contributed by atoms with van der Waals surface area (Å²) in [5.41, 5.74) is 8.69. The van der Waals surface area contributed by atoms with Gasteiger partial charge in [-0.3, -0.25) is 0 Å². The predicted octanol–water partition coefficient (Wildman–Crippen LogP) is 3.51. The number of fused-ring (bicyclic) bond motifs is 1.